The number of nitrogens with one attached hydrogen (secondary N) is 1. The number of amides is 1. The van der Waals surface area contributed by atoms with Gasteiger partial charge < -0.3 is 43.6 Å². The molecule has 0 aromatic carbocycles. The van der Waals surface area contributed by atoms with E-state index in [2.05, 4.69) is 5.32 Å². The van der Waals surface area contributed by atoms with Gasteiger partial charge in [0, 0.05) is 27.7 Å². The highest BCUT2D eigenvalue weighted by molar-refractivity contribution is 5.73. The topological polar surface area (TPSA) is 165 Å². The number of rotatable bonds is 14. The van der Waals surface area contributed by atoms with Gasteiger partial charge in [-0.25, -0.2) is 0 Å². The van der Waals surface area contributed by atoms with E-state index in [-0.39, 0.29) is 46.2 Å². The Kier molecular flexibility index (Phi) is 13.5. The fourth-order valence-electron chi connectivity index (χ4n) is 3.04. The number of ether oxygens (including phenoxy) is 7. The normalized spacial score (nSPS) is 24.6. The van der Waals surface area contributed by atoms with E-state index in [1.54, 1.807) is 0 Å². The van der Waals surface area contributed by atoms with E-state index in [4.69, 9.17) is 38.3 Å². The first kappa shape index (κ1) is 28.7. The van der Waals surface area contributed by atoms with Crippen molar-refractivity contribution in [1.29, 1.82) is 0 Å². The second-order valence-electron chi connectivity index (χ2n) is 7.04. The summed E-state index contributed by atoms with van der Waals surface area (Å²) < 4.78 is 37.7. The first-order chi connectivity index (χ1) is 15.6. The van der Waals surface area contributed by atoms with Crippen molar-refractivity contribution in [3.8, 4) is 0 Å². The molecular weight excluding hydrogens is 446 g/mol. The SMILES string of the molecule is CC(=O)NC1C(OCCOCCOCCO)OC(COC(C)=O)C(OC(C)=O)C1OC(C)=O. The Morgan fingerprint density at radius 3 is 1.94 bits per heavy atom. The Morgan fingerprint density at radius 1 is 0.818 bits per heavy atom. The van der Waals surface area contributed by atoms with E-state index in [1.165, 1.54) is 13.8 Å². The van der Waals surface area contributed by atoms with Crippen LogP contribution < -0.4 is 5.32 Å². The van der Waals surface area contributed by atoms with Crippen LogP contribution in [0.4, 0.5) is 0 Å². The maximum atomic E-state index is 11.8. The Hall–Kier alpha value is -2.32. The van der Waals surface area contributed by atoms with Gasteiger partial charge in [0.1, 0.15) is 18.8 Å². The molecule has 0 radical (unpaired) electrons. The van der Waals surface area contributed by atoms with Crippen molar-refractivity contribution in [2.75, 3.05) is 46.2 Å². The quantitative estimate of drug-likeness (QED) is 0.172. The molecule has 0 bridgehead atoms. The van der Waals surface area contributed by atoms with Crippen molar-refractivity contribution in [2.45, 2.75) is 58.3 Å². The van der Waals surface area contributed by atoms with Crippen LogP contribution in [0.5, 0.6) is 0 Å². The lowest BCUT2D eigenvalue weighted by Gasteiger charge is -2.44. The average molecular weight is 479 g/mol. The number of hydrogen-bond acceptors (Lipinski definition) is 12. The van der Waals surface area contributed by atoms with Gasteiger partial charge in [0.25, 0.3) is 0 Å². The smallest absolute Gasteiger partial charge is 0.303 e. The maximum absolute atomic E-state index is 11.8. The molecule has 13 heteroatoms. The van der Waals surface area contributed by atoms with Crippen LogP contribution in [0.3, 0.4) is 0 Å². The lowest BCUT2D eigenvalue weighted by Crippen LogP contribution is -2.66. The summed E-state index contributed by atoms with van der Waals surface area (Å²) in [6.07, 6.45) is -4.53. The van der Waals surface area contributed by atoms with Crippen LogP contribution in [0.25, 0.3) is 0 Å². The van der Waals surface area contributed by atoms with Crippen molar-refractivity contribution < 1.29 is 57.4 Å². The third kappa shape index (κ3) is 11.4. The third-order valence-corrected chi connectivity index (χ3v) is 4.19. The average Bonchev–Trinajstić information content (AvgIpc) is 2.71. The van der Waals surface area contributed by atoms with Crippen molar-refractivity contribution in [2.24, 2.45) is 0 Å². The second kappa shape index (κ2) is 15.5. The highest BCUT2D eigenvalue weighted by atomic mass is 16.7. The summed E-state index contributed by atoms with van der Waals surface area (Å²) in [5.41, 5.74) is 0. The van der Waals surface area contributed by atoms with Gasteiger partial charge in [-0.15, -0.1) is 0 Å². The number of aliphatic hydroxyl groups excluding tert-OH is 1. The lowest BCUT2D eigenvalue weighted by molar-refractivity contribution is -0.279. The van der Waals surface area contributed by atoms with E-state index < -0.39 is 54.5 Å². The summed E-state index contributed by atoms with van der Waals surface area (Å²) in [5.74, 6) is -2.44. The molecule has 1 amide bonds. The molecule has 13 nitrogen and oxygen atoms in total. The summed E-state index contributed by atoms with van der Waals surface area (Å²) in [6, 6.07) is -1.03. The fraction of sp³-hybridized carbons (Fsp3) is 0.800. The van der Waals surface area contributed by atoms with Crippen LogP contribution in [0.15, 0.2) is 0 Å². The van der Waals surface area contributed by atoms with Crippen molar-refractivity contribution in [1.82, 2.24) is 5.32 Å². The Morgan fingerprint density at radius 2 is 1.39 bits per heavy atom. The first-order valence-corrected chi connectivity index (χ1v) is 10.4. The lowest BCUT2D eigenvalue weighted by atomic mass is 9.96. The molecule has 5 unspecified atom stereocenters. The predicted molar refractivity (Wildman–Crippen MR) is 109 cm³/mol. The molecular formula is C20H33NO12. The monoisotopic (exact) mass is 479 g/mol. The van der Waals surface area contributed by atoms with E-state index in [0.29, 0.717) is 0 Å². The van der Waals surface area contributed by atoms with E-state index >= 15 is 0 Å². The molecule has 1 heterocycles. The predicted octanol–water partition coefficient (Wildman–Crippen LogP) is -1.32. The number of carbonyl (C=O) groups is 4. The standard InChI is InChI=1S/C20H33NO12/c1-12(23)21-17-19(32-15(4)26)18(31-14(3)25)16(11-30-13(2)24)33-20(17)29-10-9-28-8-7-27-6-5-22/h16-20,22H,5-11H2,1-4H3,(H,21,23). The summed E-state index contributed by atoms with van der Waals surface area (Å²) in [5, 5.41) is 11.3. The minimum Gasteiger partial charge on any atom is -0.463 e. The highest BCUT2D eigenvalue weighted by Crippen LogP contribution is 2.28. The number of esters is 3. The van der Waals surface area contributed by atoms with Gasteiger partial charge in [-0.2, -0.15) is 0 Å². The molecule has 0 spiro atoms. The molecule has 2 N–H and O–H groups in total. The Balaban J connectivity index is 2.95. The van der Waals surface area contributed by atoms with Gasteiger partial charge in [-0.05, 0) is 0 Å². The van der Waals surface area contributed by atoms with Gasteiger partial charge in [-0.3, -0.25) is 19.2 Å². The van der Waals surface area contributed by atoms with Crippen LogP contribution >= 0.6 is 0 Å². The molecule has 1 fully saturated rings. The molecule has 0 aliphatic carbocycles. The summed E-state index contributed by atoms with van der Waals surface area (Å²) in [7, 11) is 0. The molecule has 1 aliphatic heterocycles. The van der Waals surface area contributed by atoms with Crippen molar-refractivity contribution in [3.05, 3.63) is 0 Å². The molecule has 0 aromatic heterocycles. The van der Waals surface area contributed by atoms with Crippen LogP contribution in [0.1, 0.15) is 27.7 Å². The van der Waals surface area contributed by atoms with Gasteiger partial charge >= 0.3 is 17.9 Å². The molecule has 0 saturated carbocycles. The number of carbonyl (C=O) groups excluding carboxylic acids is 4. The summed E-state index contributed by atoms with van der Waals surface area (Å²) >= 11 is 0. The second-order valence-corrected chi connectivity index (χ2v) is 7.04. The Bertz CT molecular complexity index is 643. The van der Waals surface area contributed by atoms with E-state index in [1.807, 2.05) is 0 Å². The van der Waals surface area contributed by atoms with E-state index in [0.717, 1.165) is 13.8 Å². The van der Waals surface area contributed by atoms with Crippen molar-refractivity contribution >= 4 is 23.8 Å². The molecule has 0 aromatic rings. The van der Waals surface area contributed by atoms with Gasteiger partial charge in [0.2, 0.25) is 5.91 Å². The first-order valence-electron chi connectivity index (χ1n) is 10.4. The zero-order valence-corrected chi connectivity index (χ0v) is 19.3. The van der Waals surface area contributed by atoms with Crippen LogP contribution in [-0.2, 0) is 52.3 Å². The number of aliphatic hydroxyl groups is 1. The molecule has 1 saturated heterocycles. The minimum absolute atomic E-state index is 0.0338. The number of hydrogen-bond donors (Lipinski definition) is 2. The Labute approximate surface area is 191 Å². The minimum atomic E-state index is -1.18. The highest BCUT2D eigenvalue weighted by Gasteiger charge is 2.51. The molecule has 1 rings (SSSR count). The van der Waals surface area contributed by atoms with Crippen LogP contribution in [0, 0.1) is 0 Å². The van der Waals surface area contributed by atoms with Crippen LogP contribution in [-0.4, -0.2) is 106 Å². The third-order valence-electron chi connectivity index (χ3n) is 4.19. The summed E-state index contributed by atoms with van der Waals surface area (Å²) in [6.45, 7) is 5.32. The van der Waals surface area contributed by atoms with Crippen molar-refractivity contribution in [3.63, 3.8) is 0 Å². The zero-order valence-electron chi connectivity index (χ0n) is 19.3. The fourth-order valence-corrected chi connectivity index (χ4v) is 3.04. The molecule has 190 valence electrons. The van der Waals surface area contributed by atoms with Gasteiger partial charge in [-0.1, -0.05) is 0 Å². The molecule has 33 heavy (non-hydrogen) atoms. The summed E-state index contributed by atoms with van der Waals surface area (Å²) in [4.78, 5) is 46.6. The molecule has 1 aliphatic rings. The molecule has 5 atom stereocenters. The zero-order chi connectivity index (χ0) is 24.8. The van der Waals surface area contributed by atoms with Gasteiger partial charge in [0.15, 0.2) is 18.5 Å². The van der Waals surface area contributed by atoms with Crippen LogP contribution in [0.2, 0.25) is 0 Å². The van der Waals surface area contributed by atoms with E-state index in [9.17, 15) is 19.2 Å². The largest absolute Gasteiger partial charge is 0.463 e. The maximum Gasteiger partial charge on any atom is 0.303 e. The van der Waals surface area contributed by atoms with Gasteiger partial charge in [0.05, 0.1) is 39.6 Å².